The SMILES string of the molecule is Nc1ccc(C=CCCBr)cc1OC(F)(F)F. The highest BCUT2D eigenvalue weighted by Gasteiger charge is 2.31. The zero-order valence-corrected chi connectivity index (χ0v) is 10.4. The lowest BCUT2D eigenvalue weighted by molar-refractivity contribution is -0.274. The first-order valence-corrected chi connectivity index (χ1v) is 5.92. The molecule has 1 aromatic rings. The fourth-order valence-corrected chi connectivity index (χ4v) is 1.41. The van der Waals surface area contributed by atoms with Crippen molar-refractivity contribution in [1.82, 2.24) is 0 Å². The molecule has 0 bridgehead atoms. The number of alkyl halides is 4. The second-order valence-electron chi connectivity index (χ2n) is 3.23. The monoisotopic (exact) mass is 309 g/mol. The molecule has 0 aliphatic carbocycles. The van der Waals surface area contributed by atoms with Crippen LogP contribution >= 0.6 is 15.9 Å². The molecular weight excluding hydrogens is 299 g/mol. The van der Waals surface area contributed by atoms with E-state index in [4.69, 9.17) is 5.73 Å². The molecule has 6 heteroatoms. The summed E-state index contributed by atoms with van der Waals surface area (Å²) in [5.41, 5.74) is 5.96. The van der Waals surface area contributed by atoms with Crippen LogP contribution in [0.3, 0.4) is 0 Å². The Hall–Kier alpha value is -1.17. The molecule has 1 aromatic carbocycles. The fraction of sp³-hybridized carbons (Fsp3) is 0.273. The summed E-state index contributed by atoms with van der Waals surface area (Å²) in [5.74, 6) is -0.376. The summed E-state index contributed by atoms with van der Waals surface area (Å²) in [6, 6.07) is 4.27. The second-order valence-corrected chi connectivity index (χ2v) is 4.02. The molecule has 0 amide bonds. The Morgan fingerprint density at radius 2 is 2.06 bits per heavy atom. The summed E-state index contributed by atoms with van der Waals surface area (Å²) in [4.78, 5) is 0. The maximum Gasteiger partial charge on any atom is 0.573 e. The molecule has 2 N–H and O–H groups in total. The van der Waals surface area contributed by atoms with Gasteiger partial charge in [-0.15, -0.1) is 13.2 Å². The summed E-state index contributed by atoms with van der Waals surface area (Å²) in [5, 5.41) is 0.796. The first-order valence-electron chi connectivity index (χ1n) is 4.80. The molecule has 0 heterocycles. The minimum atomic E-state index is -4.73. The van der Waals surface area contributed by atoms with Gasteiger partial charge in [0.15, 0.2) is 5.75 Å². The van der Waals surface area contributed by atoms with Crippen LogP contribution in [-0.2, 0) is 0 Å². The van der Waals surface area contributed by atoms with E-state index < -0.39 is 6.36 Å². The van der Waals surface area contributed by atoms with Crippen LogP contribution in [0.1, 0.15) is 12.0 Å². The van der Waals surface area contributed by atoms with Crippen LogP contribution in [0.25, 0.3) is 6.08 Å². The number of nitrogens with two attached hydrogens (primary N) is 1. The van der Waals surface area contributed by atoms with Gasteiger partial charge in [0, 0.05) is 5.33 Å². The van der Waals surface area contributed by atoms with Gasteiger partial charge in [-0.1, -0.05) is 34.1 Å². The van der Waals surface area contributed by atoms with Crippen molar-refractivity contribution in [1.29, 1.82) is 0 Å². The Kier molecular flexibility index (Phi) is 4.86. The number of ether oxygens (including phenoxy) is 1. The largest absolute Gasteiger partial charge is 0.573 e. The van der Waals surface area contributed by atoms with E-state index >= 15 is 0 Å². The number of rotatable bonds is 4. The van der Waals surface area contributed by atoms with Crippen molar-refractivity contribution in [2.45, 2.75) is 12.8 Å². The van der Waals surface area contributed by atoms with Gasteiger partial charge in [0.25, 0.3) is 0 Å². The Balaban J connectivity index is 2.87. The summed E-state index contributed by atoms with van der Waals surface area (Å²) in [6.07, 6.45) is -0.381. The lowest BCUT2D eigenvalue weighted by Gasteiger charge is -2.11. The second kappa shape index (κ2) is 5.95. The molecule has 0 aromatic heterocycles. The van der Waals surface area contributed by atoms with Crippen LogP contribution in [0.4, 0.5) is 18.9 Å². The highest BCUT2D eigenvalue weighted by atomic mass is 79.9. The molecule has 0 spiro atoms. The predicted molar refractivity (Wildman–Crippen MR) is 65.0 cm³/mol. The molecule has 0 saturated carbocycles. The Labute approximate surface area is 105 Å². The van der Waals surface area contributed by atoms with Crippen LogP contribution in [0.15, 0.2) is 24.3 Å². The van der Waals surface area contributed by atoms with Gasteiger partial charge in [0.2, 0.25) is 0 Å². The minimum Gasteiger partial charge on any atom is -0.404 e. The van der Waals surface area contributed by atoms with Crippen molar-refractivity contribution >= 4 is 27.7 Å². The number of halogens is 4. The lowest BCUT2D eigenvalue weighted by atomic mass is 10.1. The van der Waals surface area contributed by atoms with Crippen molar-refractivity contribution in [2.24, 2.45) is 0 Å². The third-order valence-corrected chi connectivity index (χ3v) is 2.31. The Morgan fingerprint density at radius 3 is 2.65 bits per heavy atom. The number of allylic oxidation sites excluding steroid dienone is 1. The summed E-state index contributed by atoms with van der Waals surface area (Å²) in [7, 11) is 0. The maximum absolute atomic E-state index is 12.1. The molecule has 0 aliphatic rings. The molecule has 0 atom stereocenters. The molecule has 17 heavy (non-hydrogen) atoms. The quantitative estimate of drug-likeness (QED) is 0.675. The Morgan fingerprint density at radius 1 is 1.35 bits per heavy atom. The molecule has 94 valence electrons. The van der Waals surface area contributed by atoms with Crippen LogP contribution < -0.4 is 10.5 Å². The molecule has 0 aliphatic heterocycles. The third kappa shape index (κ3) is 5.12. The van der Waals surface area contributed by atoms with Crippen LogP contribution in [0.2, 0.25) is 0 Å². The number of hydrogen-bond donors (Lipinski definition) is 1. The van der Waals surface area contributed by atoms with E-state index in [0.717, 1.165) is 11.8 Å². The van der Waals surface area contributed by atoms with Crippen LogP contribution in [-0.4, -0.2) is 11.7 Å². The van der Waals surface area contributed by atoms with Crippen molar-refractivity contribution in [3.8, 4) is 5.75 Å². The van der Waals surface area contributed by atoms with Gasteiger partial charge in [-0.25, -0.2) is 0 Å². The van der Waals surface area contributed by atoms with Gasteiger partial charge in [-0.05, 0) is 24.1 Å². The van der Waals surface area contributed by atoms with E-state index in [1.807, 2.05) is 6.08 Å². The minimum absolute atomic E-state index is 0.0417. The van der Waals surface area contributed by atoms with E-state index in [-0.39, 0.29) is 11.4 Å². The lowest BCUT2D eigenvalue weighted by Crippen LogP contribution is -2.18. The van der Waals surface area contributed by atoms with E-state index in [1.54, 1.807) is 12.1 Å². The molecular formula is C11H11BrF3NO. The van der Waals surface area contributed by atoms with E-state index in [9.17, 15) is 13.2 Å². The average Bonchev–Trinajstić information content (AvgIpc) is 2.21. The van der Waals surface area contributed by atoms with Gasteiger partial charge in [0.05, 0.1) is 5.69 Å². The van der Waals surface area contributed by atoms with Crippen LogP contribution in [0.5, 0.6) is 5.75 Å². The van der Waals surface area contributed by atoms with Gasteiger partial charge >= 0.3 is 6.36 Å². The zero-order chi connectivity index (χ0) is 12.9. The molecule has 0 radical (unpaired) electrons. The zero-order valence-electron chi connectivity index (χ0n) is 8.80. The van der Waals surface area contributed by atoms with Gasteiger partial charge < -0.3 is 10.5 Å². The third-order valence-electron chi connectivity index (χ3n) is 1.85. The maximum atomic E-state index is 12.1. The van der Waals surface area contributed by atoms with E-state index in [1.165, 1.54) is 12.1 Å². The fourth-order valence-electron chi connectivity index (χ4n) is 1.15. The van der Waals surface area contributed by atoms with Crippen molar-refractivity contribution in [3.05, 3.63) is 29.8 Å². The van der Waals surface area contributed by atoms with E-state index in [2.05, 4.69) is 20.7 Å². The average molecular weight is 310 g/mol. The number of hydrogen-bond acceptors (Lipinski definition) is 2. The topological polar surface area (TPSA) is 35.2 Å². The number of nitrogen functional groups attached to an aromatic ring is 1. The first kappa shape index (κ1) is 13.9. The summed E-state index contributed by atoms with van der Waals surface area (Å²) in [6.45, 7) is 0. The molecule has 1 rings (SSSR count). The number of benzene rings is 1. The summed E-state index contributed by atoms with van der Waals surface area (Å²) >= 11 is 3.24. The highest BCUT2D eigenvalue weighted by molar-refractivity contribution is 9.09. The molecule has 0 saturated heterocycles. The van der Waals surface area contributed by atoms with Gasteiger partial charge in [0.1, 0.15) is 0 Å². The standard InChI is InChI=1S/C11H11BrF3NO/c12-6-2-1-3-8-4-5-9(16)10(7-8)17-11(13,14)15/h1,3-5,7H,2,6,16H2. The smallest absolute Gasteiger partial charge is 0.404 e. The number of anilines is 1. The molecule has 0 fully saturated rings. The molecule has 0 unspecified atom stereocenters. The predicted octanol–water partition coefficient (Wildman–Crippen LogP) is 3.97. The van der Waals surface area contributed by atoms with Crippen molar-refractivity contribution in [2.75, 3.05) is 11.1 Å². The van der Waals surface area contributed by atoms with Gasteiger partial charge in [-0.3, -0.25) is 0 Å². The highest BCUT2D eigenvalue weighted by Crippen LogP contribution is 2.29. The van der Waals surface area contributed by atoms with Gasteiger partial charge in [-0.2, -0.15) is 0 Å². The normalized spacial score (nSPS) is 12.0. The first-order chi connectivity index (χ1) is 7.92. The summed E-state index contributed by atoms with van der Waals surface area (Å²) < 4.78 is 40.0. The van der Waals surface area contributed by atoms with Crippen LogP contribution in [0, 0.1) is 0 Å². The van der Waals surface area contributed by atoms with Crippen molar-refractivity contribution in [3.63, 3.8) is 0 Å². The Bertz CT molecular complexity index is 404. The van der Waals surface area contributed by atoms with Crippen molar-refractivity contribution < 1.29 is 17.9 Å². The van der Waals surface area contributed by atoms with E-state index in [0.29, 0.717) is 5.56 Å². The molecule has 2 nitrogen and oxygen atoms in total.